The highest BCUT2D eigenvalue weighted by Gasteiger charge is 2.22. The van der Waals surface area contributed by atoms with Gasteiger partial charge in [-0.25, -0.2) is 9.78 Å². The number of carbonyl (C=O) groups excluding carboxylic acids is 2. The number of nitrogens with zero attached hydrogens (tertiary/aromatic N) is 1. The third kappa shape index (κ3) is 4.60. The molecule has 0 unspecified atom stereocenters. The van der Waals surface area contributed by atoms with Crippen molar-refractivity contribution in [2.45, 2.75) is 32.7 Å². The lowest BCUT2D eigenvalue weighted by Crippen LogP contribution is -2.16. The van der Waals surface area contributed by atoms with Gasteiger partial charge in [-0.15, -0.1) is 11.3 Å². The van der Waals surface area contributed by atoms with E-state index in [9.17, 15) is 9.59 Å². The maximum atomic E-state index is 12.6. The van der Waals surface area contributed by atoms with Crippen molar-refractivity contribution >= 4 is 50.9 Å². The molecule has 8 heteroatoms. The van der Waals surface area contributed by atoms with E-state index >= 15 is 0 Å². The number of pyridine rings is 1. The zero-order valence-corrected chi connectivity index (χ0v) is 19.3. The SMILES string of the molecule is CCOC(=O)c1c(NC(=O)CSc2cc(C)c3cccc(OC)c3n2)sc(C)c1C. The number of aryl methyl sites for hydroxylation is 2. The van der Waals surface area contributed by atoms with E-state index in [2.05, 4.69) is 10.3 Å². The number of benzene rings is 1. The van der Waals surface area contributed by atoms with Crippen molar-refractivity contribution < 1.29 is 19.1 Å². The van der Waals surface area contributed by atoms with Gasteiger partial charge in [0.05, 0.1) is 30.1 Å². The van der Waals surface area contributed by atoms with Gasteiger partial charge in [-0.1, -0.05) is 23.9 Å². The van der Waals surface area contributed by atoms with Crippen LogP contribution in [0.25, 0.3) is 10.9 Å². The van der Waals surface area contributed by atoms with E-state index in [0.717, 1.165) is 31.9 Å². The summed E-state index contributed by atoms with van der Waals surface area (Å²) in [4.78, 5) is 30.5. The van der Waals surface area contributed by atoms with Crippen molar-refractivity contribution in [1.29, 1.82) is 0 Å². The van der Waals surface area contributed by atoms with Gasteiger partial charge in [0.2, 0.25) is 5.91 Å². The third-order valence-corrected chi connectivity index (χ3v) is 6.71. The van der Waals surface area contributed by atoms with E-state index in [4.69, 9.17) is 9.47 Å². The molecule has 0 saturated heterocycles. The Bertz CT molecular complexity index is 1110. The van der Waals surface area contributed by atoms with Crippen LogP contribution >= 0.6 is 23.1 Å². The van der Waals surface area contributed by atoms with Crippen LogP contribution in [0.15, 0.2) is 29.3 Å². The molecule has 0 aliphatic carbocycles. The van der Waals surface area contributed by atoms with Crippen molar-refractivity contribution in [2.24, 2.45) is 0 Å². The average Bonchev–Trinajstić information content (AvgIpc) is 2.99. The summed E-state index contributed by atoms with van der Waals surface area (Å²) < 4.78 is 10.6. The van der Waals surface area contributed by atoms with Crippen LogP contribution in [0.2, 0.25) is 0 Å². The number of carbonyl (C=O) groups is 2. The number of para-hydroxylation sites is 1. The zero-order chi connectivity index (χ0) is 21.8. The fourth-order valence-corrected chi connectivity index (χ4v) is 4.90. The Morgan fingerprint density at radius 2 is 2.00 bits per heavy atom. The molecule has 30 heavy (non-hydrogen) atoms. The van der Waals surface area contributed by atoms with Crippen molar-refractivity contribution in [1.82, 2.24) is 4.98 Å². The van der Waals surface area contributed by atoms with E-state index in [1.54, 1.807) is 14.0 Å². The first-order valence-electron chi connectivity index (χ1n) is 9.49. The van der Waals surface area contributed by atoms with Crippen LogP contribution in [0.4, 0.5) is 5.00 Å². The summed E-state index contributed by atoms with van der Waals surface area (Å²) >= 11 is 2.72. The molecule has 0 fully saturated rings. The number of aromatic nitrogens is 1. The summed E-state index contributed by atoms with van der Waals surface area (Å²) in [5.74, 6) is 0.254. The normalized spacial score (nSPS) is 10.8. The number of amides is 1. The maximum absolute atomic E-state index is 12.6. The Morgan fingerprint density at radius 3 is 2.70 bits per heavy atom. The number of rotatable bonds is 7. The van der Waals surface area contributed by atoms with E-state index in [0.29, 0.717) is 16.3 Å². The molecule has 0 radical (unpaired) electrons. The molecule has 1 N–H and O–H groups in total. The van der Waals surface area contributed by atoms with Gasteiger partial charge in [-0.2, -0.15) is 0 Å². The first-order valence-corrected chi connectivity index (χ1v) is 11.3. The maximum Gasteiger partial charge on any atom is 0.341 e. The predicted octanol–water partition coefficient (Wildman–Crippen LogP) is 5.14. The smallest absolute Gasteiger partial charge is 0.341 e. The number of esters is 1. The molecule has 1 aromatic carbocycles. The number of thiophene rings is 1. The number of fused-ring (bicyclic) bond motifs is 1. The minimum Gasteiger partial charge on any atom is -0.494 e. The lowest BCUT2D eigenvalue weighted by atomic mass is 10.1. The molecule has 2 heterocycles. The van der Waals surface area contributed by atoms with Crippen molar-refractivity contribution in [3.05, 3.63) is 45.8 Å². The second-order valence-electron chi connectivity index (χ2n) is 6.68. The largest absolute Gasteiger partial charge is 0.494 e. The fourth-order valence-electron chi connectivity index (χ4n) is 3.07. The van der Waals surface area contributed by atoms with Crippen molar-refractivity contribution in [3.8, 4) is 5.75 Å². The summed E-state index contributed by atoms with van der Waals surface area (Å²) in [7, 11) is 1.62. The first-order chi connectivity index (χ1) is 14.3. The quantitative estimate of drug-likeness (QED) is 0.402. The fraction of sp³-hybridized carbons (Fsp3) is 0.318. The molecular weight excluding hydrogens is 420 g/mol. The predicted molar refractivity (Wildman–Crippen MR) is 122 cm³/mol. The zero-order valence-electron chi connectivity index (χ0n) is 17.6. The van der Waals surface area contributed by atoms with Gasteiger partial charge in [-0.3, -0.25) is 4.79 Å². The molecule has 0 atom stereocenters. The molecule has 6 nitrogen and oxygen atoms in total. The molecule has 2 aromatic heterocycles. The van der Waals surface area contributed by atoms with Gasteiger partial charge in [0.1, 0.15) is 16.3 Å². The van der Waals surface area contributed by atoms with Crippen LogP contribution in [0.5, 0.6) is 5.75 Å². The minimum absolute atomic E-state index is 0.172. The minimum atomic E-state index is -0.416. The van der Waals surface area contributed by atoms with Crippen molar-refractivity contribution in [3.63, 3.8) is 0 Å². The molecule has 0 aliphatic heterocycles. The Balaban J connectivity index is 1.76. The summed E-state index contributed by atoms with van der Waals surface area (Å²) in [6.45, 7) is 7.83. The molecule has 158 valence electrons. The number of methoxy groups -OCH3 is 1. The number of anilines is 1. The van der Waals surface area contributed by atoms with Gasteiger partial charge in [0, 0.05) is 10.3 Å². The number of ether oxygens (including phenoxy) is 2. The summed E-state index contributed by atoms with van der Waals surface area (Å²) in [6.07, 6.45) is 0. The second-order valence-corrected chi connectivity index (χ2v) is 8.90. The molecule has 0 saturated carbocycles. The Labute approximate surface area is 184 Å². The Morgan fingerprint density at radius 1 is 1.23 bits per heavy atom. The monoisotopic (exact) mass is 444 g/mol. The molecule has 0 spiro atoms. The van der Waals surface area contributed by atoms with E-state index in [1.165, 1.54) is 23.1 Å². The molecule has 3 aromatic rings. The molecule has 3 rings (SSSR count). The first kappa shape index (κ1) is 22.1. The highest BCUT2D eigenvalue weighted by molar-refractivity contribution is 7.99. The van der Waals surface area contributed by atoms with Crippen LogP contribution in [0.3, 0.4) is 0 Å². The standard InChI is InChI=1S/C22H24N2O4S2/c1-6-28-22(26)19-13(3)14(4)30-21(19)23-17(25)11-29-18-10-12(2)15-8-7-9-16(27-5)20(15)24-18/h7-10H,6,11H2,1-5H3,(H,23,25). The van der Waals surface area contributed by atoms with Crippen LogP contribution in [0, 0.1) is 20.8 Å². The lowest BCUT2D eigenvalue weighted by Gasteiger charge is -2.10. The lowest BCUT2D eigenvalue weighted by molar-refractivity contribution is -0.113. The molecule has 0 aliphatic rings. The van der Waals surface area contributed by atoms with Crippen LogP contribution in [-0.4, -0.2) is 36.3 Å². The number of hydrogen-bond acceptors (Lipinski definition) is 7. The van der Waals surface area contributed by atoms with Gasteiger partial charge < -0.3 is 14.8 Å². The number of hydrogen-bond donors (Lipinski definition) is 1. The molecule has 0 bridgehead atoms. The Hall–Kier alpha value is -2.58. The van der Waals surface area contributed by atoms with Crippen LogP contribution < -0.4 is 10.1 Å². The van der Waals surface area contributed by atoms with Gasteiger partial charge in [0.15, 0.2) is 0 Å². The van der Waals surface area contributed by atoms with Gasteiger partial charge in [-0.05, 0) is 51.0 Å². The van der Waals surface area contributed by atoms with Crippen molar-refractivity contribution in [2.75, 3.05) is 24.8 Å². The summed E-state index contributed by atoms with van der Waals surface area (Å²) in [5.41, 5.74) is 3.11. The highest BCUT2D eigenvalue weighted by Crippen LogP contribution is 2.34. The second kappa shape index (κ2) is 9.49. The molecule has 1 amide bonds. The van der Waals surface area contributed by atoms with E-state index < -0.39 is 5.97 Å². The highest BCUT2D eigenvalue weighted by atomic mass is 32.2. The van der Waals surface area contributed by atoms with Gasteiger partial charge in [0.25, 0.3) is 0 Å². The summed E-state index contributed by atoms with van der Waals surface area (Å²) in [5, 5.41) is 5.15. The van der Waals surface area contributed by atoms with Gasteiger partial charge >= 0.3 is 5.97 Å². The summed E-state index contributed by atoms with van der Waals surface area (Å²) in [6, 6.07) is 7.76. The van der Waals surface area contributed by atoms with Crippen LogP contribution in [0.1, 0.15) is 33.3 Å². The topological polar surface area (TPSA) is 77.5 Å². The third-order valence-electron chi connectivity index (χ3n) is 4.67. The van der Waals surface area contributed by atoms with E-state index in [-0.39, 0.29) is 18.3 Å². The van der Waals surface area contributed by atoms with E-state index in [1.807, 2.05) is 45.0 Å². The number of thioether (sulfide) groups is 1. The average molecular weight is 445 g/mol. The molecular formula is C22H24N2O4S2. The number of nitrogens with one attached hydrogen (secondary N) is 1. The Kier molecular flexibility index (Phi) is 6.99. The van der Waals surface area contributed by atoms with Crippen LogP contribution in [-0.2, 0) is 9.53 Å².